The van der Waals surface area contributed by atoms with Gasteiger partial charge in [0, 0.05) is 37.6 Å². The van der Waals surface area contributed by atoms with Gasteiger partial charge in [0.1, 0.15) is 10.6 Å². The van der Waals surface area contributed by atoms with Crippen LogP contribution in [0, 0.1) is 5.92 Å². The Morgan fingerprint density at radius 2 is 1.93 bits per heavy atom. The van der Waals surface area contributed by atoms with Gasteiger partial charge in [0.15, 0.2) is 0 Å². The predicted octanol–water partition coefficient (Wildman–Crippen LogP) is 2.34. The lowest BCUT2D eigenvalue weighted by Gasteiger charge is -2.31. The van der Waals surface area contributed by atoms with Crippen LogP contribution in [0.4, 0.5) is 0 Å². The van der Waals surface area contributed by atoms with E-state index in [0.29, 0.717) is 19.6 Å². The molecule has 160 valence electrons. The minimum absolute atomic E-state index is 0.0393. The Kier molecular flexibility index (Phi) is 5.79. The monoisotopic (exact) mass is 429 g/mol. The number of hydrogen-bond donors (Lipinski definition) is 1. The number of nitrogens with zero attached hydrogens (tertiary/aromatic N) is 2. The number of rotatable bonds is 7. The van der Waals surface area contributed by atoms with Crippen LogP contribution in [-0.4, -0.2) is 50.4 Å². The van der Waals surface area contributed by atoms with E-state index in [1.54, 1.807) is 25.4 Å². The molecule has 0 bridgehead atoms. The summed E-state index contributed by atoms with van der Waals surface area (Å²) in [6.07, 6.45) is 6.03. The first-order valence-corrected chi connectivity index (χ1v) is 11.7. The topological polar surface area (TPSA) is 88.6 Å². The first-order chi connectivity index (χ1) is 14.5. The Bertz CT molecular complexity index is 998. The maximum atomic E-state index is 13.0. The average molecular weight is 430 g/mol. The molecule has 0 atom stereocenters. The molecule has 30 heavy (non-hydrogen) atoms. The van der Waals surface area contributed by atoms with E-state index in [1.807, 2.05) is 24.3 Å². The van der Waals surface area contributed by atoms with E-state index in [-0.39, 0.29) is 16.7 Å². The third kappa shape index (κ3) is 3.94. The summed E-state index contributed by atoms with van der Waals surface area (Å²) in [5.74, 6) is 1.05. The van der Waals surface area contributed by atoms with Gasteiger partial charge < -0.3 is 10.1 Å². The van der Waals surface area contributed by atoms with Crippen molar-refractivity contribution in [1.29, 1.82) is 0 Å². The molecule has 2 heterocycles. The predicted molar refractivity (Wildman–Crippen MR) is 113 cm³/mol. The molecule has 2 aromatic rings. The Balaban J connectivity index is 1.33. The first-order valence-electron chi connectivity index (χ1n) is 10.3. The largest absolute Gasteiger partial charge is 0.496 e. The highest BCUT2D eigenvalue weighted by Crippen LogP contribution is 2.51. The maximum Gasteiger partial charge on any atom is 0.244 e. The van der Waals surface area contributed by atoms with Crippen LogP contribution < -0.4 is 10.1 Å². The van der Waals surface area contributed by atoms with E-state index in [2.05, 4.69) is 10.3 Å². The van der Waals surface area contributed by atoms with Crippen molar-refractivity contribution in [2.75, 3.05) is 26.7 Å². The van der Waals surface area contributed by atoms with E-state index in [1.165, 1.54) is 10.5 Å². The molecule has 2 aliphatic rings. The Labute approximate surface area is 177 Å². The van der Waals surface area contributed by atoms with Crippen molar-refractivity contribution >= 4 is 15.9 Å². The number of pyridine rings is 1. The fourth-order valence-electron chi connectivity index (χ4n) is 4.19. The Morgan fingerprint density at radius 1 is 1.20 bits per heavy atom. The number of nitrogens with one attached hydrogen (secondary N) is 1. The van der Waals surface area contributed by atoms with Crippen molar-refractivity contribution in [3.05, 3.63) is 54.4 Å². The number of methoxy groups -OCH3 is 1. The minimum Gasteiger partial charge on any atom is -0.496 e. The van der Waals surface area contributed by atoms with Crippen LogP contribution >= 0.6 is 0 Å². The van der Waals surface area contributed by atoms with Crippen molar-refractivity contribution in [2.24, 2.45) is 5.92 Å². The van der Waals surface area contributed by atoms with E-state index in [9.17, 15) is 13.2 Å². The lowest BCUT2D eigenvalue weighted by atomic mass is 9.93. The molecule has 0 unspecified atom stereocenters. The summed E-state index contributed by atoms with van der Waals surface area (Å²) in [7, 11) is -1.88. The van der Waals surface area contributed by atoms with Gasteiger partial charge in [-0.1, -0.05) is 18.2 Å². The molecule has 1 amide bonds. The smallest absolute Gasteiger partial charge is 0.244 e. The summed E-state index contributed by atoms with van der Waals surface area (Å²) >= 11 is 0. The molecule has 1 aromatic carbocycles. The number of ether oxygens (including phenoxy) is 1. The van der Waals surface area contributed by atoms with E-state index < -0.39 is 15.4 Å². The quantitative estimate of drug-likeness (QED) is 0.730. The molecular weight excluding hydrogens is 402 g/mol. The van der Waals surface area contributed by atoms with Gasteiger partial charge in [0.2, 0.25) is 15.9 Å². The normalized spacial score (nSPS) is 19.2. The van der Waals surface area contributed by atoms with Crippen LogP contribution in [0.2, 0.25) is 0 Å². The van der Waals surface area contributed by atoms with Crippen LogP contribution in [0.3, 0.4) is 0 Å². The first kappa shape index (κ1) is 20.8. The molecule has 1 saturated carbocycles. The molecule has 1 saturated heterocycles. The molecule has 4 rings (SSSR count). The average Bonchev–Trinajstić information content (AvgIpc) is 3.60. The molecule has 2 fully saturated rings. The molecule has 1 aromatic heterocycles. The number of carbonyl (C=O) groups is 1. The van der Waals surface area contributed by atoms with E-state index >= 15 is 0 Å². The zero-order valence-corrected chi connectivity index (χ0v) is 17.9. The zero-order valence-electron chi connectivity index (χ0n) is 17.1. The van der Waals surface area contributed by atoms with Crippen LogP contribution in [-0.2, 0) is 20.2 Å². The van der Waals surface area contributed by atoms with Gasteiger partial charge >= 0.3 is 0 Å². The van der Waals surface area contributed by atoms with Crippen LogP contribution in [0.15, 0.2) is 53.7 Å². The van der Waals surface area contributed by atoms with Crippen molar-refractivity contribution in [3.8, 4) is 5.75 Å². The lowest BCUT2D eigenvalue weighted by Crippen LogP contribution is -2.43. The minimum atomic E-state index is -3.50. The number of benzene rings is 1. The number of hydrogen-bond acceptors (Lipinski definition) is 5. The fraction of sp³-hybridized carbons (Fsp3) is 0.455. The second kappa shape index (κ2) is 8.35. The summed E-state index contributed by atoms with van der Waals surface area (Å²) < 4.78 is 32.4. The molecule has 0 radical (unpaired) electrons. The van der Waals surface area contributed by atoms with Gasteiger partial charge in [-0.3, -0.25) is 9.78 Å². The van der Waals surface area contributed by atoms with Crippen LogP contribution in [0.5, 0.6) is 5.75 Å². The molecule has 7 nitrogen and oxygen atoms in total. The molecule has 1 aliphatic heterocycles. The van der Waals surface area contributed by atoms with Crippen LogP contribution in [0.1, 0.15) is 31.2 Å². The van der Waals surface area contributed by atoms with Gasteiger partial charge in [-0.25, -0.2) is 8.42 Å². The van der Waals surface area contributed by atoms with Gasteiger partial charge in [0.05, 0.1) is 12.5 Å². The van der Waals surface area contributed by atoms with Crippen molar-refractivity contribution in [1.82, 2.24) is 14.6 Å². The third-order valence-electron chi connectivity index (χ3n) is 6.20. The second-order valence-corrected chi connectivity index (χ2v) is 9.97. The number of amides is 1. The number of para-hydroxylation sites is 1. The third-order valence-corrected chi connectivity index (χ3v) is 8.09. The Hall–Kier alpha value is -2.45. The van der Waals surface area contributed by atoms with Crippen molar-refractivity contribution in [2.45, 2.75) is 36.0 Å². The summed E-state index contributed by atoms with van der Waals surface area (Å²) in [6.45, 7) is 1.47. The number of aromatic nitrogens is 1. The summed E-state index contributed by atoms with van der Waals surface area (Å²) in [6, 6.07) is 10.9. The van der Waals surface area contributed by atoms with E-state index in [0.717, 1.165) is 37.0 Å². The summed E-state index contributed by atoms with van der Waals surface area (Å²) in [5, 5.41) is 3.12. The molecule has 8 heteroatoms. The van der Waals surface area contributed by atoms with E-state index in [4.69, 9.17) is 4.74 Å². The number of sulfonamides is 1. The molecular formula is C22H27N3O4S. The van der Waals surface area contributed by atoms with Gasteiger partial charge in [-0.15, -0.1) is 0 Å². The maximum absolute atomic E-state index is 13.0. The number of carbonyl (C=O) groups excluding carboxylic acids is 1. The van der Waals surface area contributed by atoms with Crippen molar-refractivity contribution in [3.63, 3.8) is 0 Å². The van der Waals surface area contributed by atoms with Crippen LogP contribution in [0.25, 0.3) is 0 Å². The zero-order chi connectivity index (χ0) is 21.2. The fourth-order valence-corrected chi connectivity index (χ4v) is 5.63. The summed E-state index contributed by atoms with van der Waals surface area (Å²) in [5.41, 5.74) is 0.458. The van der Waals surface area contributed by atoms with Gasteiger partial charge in [-0.05, 0) is 49.8 Å². The standard InChI is InChI=1S/C22H27N3O4S/c1-29-20-7-3-2-6-19(20)22(10-11-22)21(26)24-15-17-8-13-25(14-9-17)30(27,28)18-5-4-12-23-16-18/h2-7,12,16-17H,8-11,13-15H2,1H3,(H,24,26). The molecule has 1 N–H and O–H groups in total. The van der Waals surface area contributed by atoms with Crippen molar-refractivity contribution < 1.29 is 17.9 Å². The Morgan fingerprint density at radius 3 is 2.57 bits per heavy atom. The lowest BCUT2D eigenvalue weighted by molar-refractivity contribution is -0.123. The number of piperidine rings is 1. The van der Waals surface area contributed by atoms with Gasteiger partial charge in [0.25, 0.3) is 0 Å². The summed E-state index contributed by atoms with van der Waals surface area (Å²) in [4.78, 5) is 17.1. The second-order valence-electron chi connectivity index (χ2n) is 8.03. The highest BCUT2D eigenvalue weighted by Gasteiger charge is 2.52. The SMILES string of the molecule is COc1ccccc1C1(C(=O)NCC2CCN(S(=O)(=O)c3cccnc3)CC2)CC1. The van der Waals surface area contributed by atoms with Gasteiger partial charge in [-0.2, -0.15) is 4.31 Å². The molecule has 0 spiro atoms. The highest BCUT2D eigenvalue weighted by atomic mass is 32.2. The highest BCUT2D eigenvalue weighted by molar-refractivity contribution is 7.89. The molecule has 1 aliphatic carbocycles.